The molecule has 0 heterocycles. The first-order chi connectivity index (χ1) is 8.26. The van der Waals surface area contributed by atoms with Crippen LogP contribution in [-0.2, 0) is 6.42 Å². The van der Waals surface area contributed by atoms with Crippen LogP contribution in [-0.4, -0.2) is 12.6 Å². The van der Waals surface area contributed by atoms with E-state index in [0.717, 1.165) is 6.54 Å². The Morgan fingerprint density at radius 3 is 2.65 bits per heavy atom. The molecule has 0 fully saturated rings. The summed E-state index contributed by atoms with van der Waals surface area (Å²) in [6.07, 6.45) is 6.48. The van der Waals surface area contributed by atoms with Crippen LogP contribution in [0.25, 0.3) is 0 Å². The molecule has 1 aromatic rings. The van der Waals surface area contributed by atoms with Crippen molar-refractivity contribution in [3.8, 4) is 0 Å². The van der Waals surface area contributed by atoms with Gasteiger partial charge in [-0.1, -0.05) is 62.9 Å². The van der Waals surface area contributed by atoms with Gasteiger partial charge in [0, 0.05) is 6.04 Å². The van der Waals surface area contributed by atoms with E-state index in [2.05, 4.69) is 50.4 Å². The minimum Gasteiger partial charge on any atom is -0.314 e. The molecule has 0 bridgehead atoms. The number of hydrogen-bond acceptors (Lipinski definition) is 1. The SMILES string of the molecule is CCCCCC(Cc1cccc(C)c1)NCC. The molecule has 0 aliphatic heterocycles. The van der Waals surface area contributed by atoms with E-state index >= 15 is 0 Å². The number of hydrogen-bond donors (Lipinski definition) is 1. The van der Waals surface area contributed by atoms with E-state index in [1.807, 2.05) is 0 Å². The second-order valence-electron chi connectivity index (χ2n) is 4.94. The molecule has 0 amide bonds. The molecular weight excluding hydrogens is 206 g/mol. The van der Waals surface area contributed by atoms with Gasteiger partial charge in [0.25, 0.3) is 0 Å². The number of benzene rings is 1. The third kappa shape index (κ3) is 5.88. The van der Waals surface area contributed by atoms with Crippen molar-refractivity contribution in [3.05, 3.63) is 35.4 Å². The van der Waals surface area contributed by atoms with Crippen LogP contribution in [0.15, 0.2) is 24.3 Å². The highest BCUT2D eigenvalue weighted by atomic mass is 14.9. The molecule has 1 N–H and O–H groups in total. The first kappa shape index (κ1) is 14.2. The fourth-order valence-electron chi connectivity index (χ4n) is 2.33. The fourth-order valence-corrected chi connectivity index (χ4v) is 2.33. The van der Waals surface area contributed by atoms with Crippen LogP contribution in [0.5, 0.6) is 0 Å². The van der Waals surface area contributed by atoms with Crippen molar-refractivity contribution in [1.29, 1.82) is 0 Å². The Hall–Kier alpha value is -0.820. The Morgan fingerprint density at radius 2 is 2.00 bits per heavy atom. The monoisotopic (exact) mass is 233 g/mol. The van der Waals surface area contributed by atoms with E-state index in [1.54, 1.807) is 0 Å². The highest BCUT2D eigenvalue weighted by Crippen LogP contribution is 2.11. The molecule has 1 unspecified atom stereocenters. The lowest BCUT2D eigenvalue weighted by molar-refractivity contribution is 0.467. The van der Waals surface area contributed by atoms with Gasteiger partial charge in [-0.05, 0) is 31.9 Å². The zero-order valence-electron chi connectivity index (χ0n) is 11.6. The molecule has 0 aliphatic carbocycles. The minimum atomic E-state index is 0.647. The summed E-state index contributed by atoms with van der Waals surface area (Å²) in [5, 5.41) is 3.61. The molecule has 0 spiro atoms. The number of nitrogens with one attached hydrogen (secondary N) is 1. The Bertz CT molecular complexity index is 306. The molecule has 1 atom stereocenters. The van der Waals surface area contributed by atoms with Crippen LogP contribution in [0.2, 0.25) is 0 Å². The van der Waals surface area contributed by atoms with Gasteiger partial charge in [0.05, 0.1) is 0 Å². The third-order valence-corrected chi connectivity index (χ3v) is 3.21. The molecule has 0 aromatic heterocycles. The molecule has 0 aliphatic rings. The third-order valence-electron chi connectivity index (χ3n) is 3.21. The van der Waals surface area contributed by atoms with Crippen LogP contribution in [0.1, 0.15) is 50.7 Å². The molecule has 0 saturated carbocycles. The molecule has 0 saturated heterocycles. The van der Waals surface area contributed by atoms with Crippen LogP contribution < -0.4 is 5.32 Å². The lowest BCUT2D eigenvalue weighted by atomic mass is 9.99. The Kier molecular flexibility index (Phi) is 6.95. The van der Waals surface area contributed by atoms with Crippen LogP contribution in [0.3, 0.4) is 0 Å². The normalized spacial score (nSPS) is 12.6. The number of rotatable bonds is 8. The lowest BCUT2D eigenvalue weighted by Gasteiger charge is -2.18. The molecule has 17 heavy (non-hydrogen) atoms. The largest absolute Gasteiger partial charge is 0.314 e. The van der Waals surface area contributed by atoms with E-state index in [1.165, 1.54) is 43.2 Å². The van der Waals surface area contributed by atoms with Crippen molar-refractivity contribution in [2.24, 2.45) is 0 Å². The summed E-state index contributed by atoms with van der Waals surface area (Å²) < 4.78 is 0. The lowest BCUT2D eigenvalue weighted by Crippen LogP contribution is -2.30. The van der Waals surface area contributed by atoms with Gasteiger partial charge in [0.2, 0.25) is 0 Å². The second kappa shape index (κ2) is 8.30. The maximum absolute atomic E-state index is 3.61. The van der Waals surface area contributed by atoms with Gasteiger partial charge in [-0.25, -0.2) is 0 Å². The van der Waals surface area contributed by atoms with Crippen LogP contribution in [0, 0.1) is 6.92 Å². The molecular formula is C16H27N. The smallest absolute Gasteiger partial charge is 0.0107 e. The Balaban J connectivity index is 2.47. The van der Waals surface area contributed by atoms with E-state index in [0.29, 0.717) is 6.04 Å². The minimum absolute atomic E-state index is 0.647. The Labute approximate surface area is 107 Å². The topological polar surface area (TPSA) is 12.0 Å². The summed E-state index contributed by atoms with van der Waals surface area (Å²) in [7, 11) is 0. The van der Waals surface area contributed by atoms with Gasteiger partial charge in [-0.3, -0.25) is 0 Å². The highest BCUT2D eigenvalue weighted by molar-refractivity contribution is 5.22. The summed E-state index contributed by atoms with van der Waals surface area (Å²) in [5.41, 5.74) is 2.83. The highest BCUT2D eigenvalue weighted by Gasteiger charge is 2.07. The summed E-state index contributed by atoms with van der Waals surface area (Å²) >= 11 is 0. The quantitative estimate of drug-likeness (QED) is 0.667. The maximum Gasteiger partial charge on any atom is 0.0107 e. The van der Waals surface area contributed by atoms with Gasteiger partial charge in [-0.15, -0.1) is 0 Å². The molecule has 1 heteroatoms. The molecule has 0 radical (unpaired) electrons. The van der Waals surface area contributed by atoms with Crippen molar-refractivity contribution in [2.75, 3.05) is 6.54 Å². The van der Waals surface area contributed by atoms with Gasteiger partial charge in [0.15, 0.2) is 0 Å². The van der Waals surface area contributed by atoms with Crippen LogP contribution >= 0.6 is 0 Å². The van der Waals surface area contributed by atoms with E-state index in [4.69, 9.17) is 0 Å². The molecule has 96 valence electrons. The van der Waals surface area contributed by atoms with E-state index in [-0.39, 0.29) is 0 Å². The standard InChI is InChI=1S/C16H27N/c1-4-6-7-11-16(17-5-2)13-15-10-8-9-14(3)12-15/h8-10,12,16-17H,4-7,11,13H2,1-3H3. The van der Waals surface area contributed by atoms with Crippen molar-refractivity contribution >= 4 is 0 Å². The predicted molar refractivity (Wildman–Crippen MR) is 76.5 cm³/mol. The Morgan fingerprint density at radius 1 is 1.18 bits per heavy atom. The summed E-state index contributed by atoms with van der Waals surface area (Å²) in [6.45, 7) is 7.71. The zero-order chi connectivity index (χ0) is 12.5. The number of aryl methyl sites for hydroxylation is 1. The fraction of sp³-hybridized carbons (Fsp3) is 0.625. The predicted octanol–water partition coefficient (Wildman–Crippen LogP) is 4.10. The summed E-state index contributed by atoms with van der Waals surface area (Å²) in [4.78, 5) is 0. The van der Waals surface area contributed by atoms with Gasteiger partial charge >= 0.3 is 0 Å². The van der Waals surface area contributed by atoms with Gasteiger partial charge in [0.1, 0.15) is 0 Å². The maximum atomic E-state index is 3.61. The zero-order valence-corrected chi connectivity index (χ0v) is 11.6. The first-order valence-corrected chi connectivity index (χ1v) is 7.05. The van der Waals surface area contributed by atoms with E-state index in [9.17, 15) is 0 Å². The van der Waals surface area contributed by atoms with Crippen molar-refractivity contribution < 1.29 is 0 Å². The molecule has 1 aromatic carbocycles. The molecule has 1 nitrogen and oxygen atoms in total. The van der Waals surface area contributed by atoms with E-state index < -0.39 is 0 Å². The average molecular weight is 233 g/mol. The molecule has 1 rings (SSSR count). The van der Waals surface area contributed by atoms with Crippen molar-refractivity contribution in [2.45, 2.75) is 58.9 Å². The van der Waals surface area contributed by atoms with Crippen molar-refractivity contribution in [3.63, 3.8) is 0 Å². The summed E-state index contributed by atoms with van der Waals surface area (Å²) in [5.74, 6) is 0. The van der Waals surface area contributed by atoms with Gasteiger partial charge in [-0.2, -0.15) is 0 Å². The van der Waals surface area contributed by atoms with Gasteiger partial charge < -0.3 is 5.32 Å². The number of likely N-dealkylation sites (N-methyl/N-ethyl adjacent to an activating group) is 1. The van der Waals surface area contributed by atoms with Crippen molar-refractivity contribution in [1.82, 2.24) is 5.32 Å². The average Bonchev–Trinajstić information content (AvgIpc) is 2.29. The summed E-state index contributed by atoms with van der Waals surface area (Å²) in [6, 6.07) is 9.54. The first-order valence-electron chi connectivity index (χ1n) is 7.05. The van der Waals surface area contributed by atoms with Crippen LogP contribution in [0.4, 0.5) is 0 Å². The second-order valence-corrected chi connectivity index (χ2v) is 4.94. The number of unbranched alkanes of at least 4 members (excludes halogenated alkanes) is 2.